The molecule has 3 nitrogen and oxygen atoms in total. The van der Waals surface area contributed by atoms with E-state index in [-0.39, 0.29) is 0 Å². The quantitative estimate of drug-likeness (QED) is 0.657. The van der Waals surface area contributed by atoms with Crippen molar-refractivity contribution in [2.45, 2.75) is 12.8 Å². The van der Waals surface area contributed by atoms with Crippen molar-refractivity contribution >= 4 is 34.9 Å². The zero-order valence-electron chi connectivity index (χ0n) is 13.0. The van der Waals surface area contributed by atoms with Crippen LogP contribution in [0.25, 0.3) is 6.08 Å². The predicted octanol–water partition coefficient (Wildman–Crippen LogP) is 4.64. The Bertz CT molecular complexity index is 696. The number of hydrogen-bond acceptors (Lipinski definition) is 2. The summed E-state index contributed by atoms with van der Waals surface area (Å²) < 4.78 is 0. The minimum Gasteiger partial charge on any atom is -0.384 e. The van der Waals surface area contributed by atoms with Gasteiger partial charge >= 0.3 is 0 Å². The average Bonchev–Trinajstić information content (AvgIpc) is 3.10. The van der Waals surface area contributed by atoms with Crippen LogP contribution in [0.3, 0.4) is 0 Å². The lowest BCUT2D eigenvalue weighted by molar-refractivity contribution is 0.949. The summed E-state index contributed by atoms with van der Waals surface area (Å²) in [6.07, 6.45) is 6.38. The Hall–Kier alpha value is -2.26. The van der Waals surface area contributed by atoms with E-state index in [9.17, 15) is 0 Å². The molecule has 0 radical (unpaired) electrons. The smallest absolute Gasteiger partial charge is 0.124 e. The molecule has 0 unspecified atom stereocenters. The van der Waals surface area contributed by atoms with E-state index in [2.05, 4.69) is 34.2 Å². The zero-order chi connectivity index (χ0) is 16.1. The Labute approximate surface area is 142 Å². The van der Waals surface area contributed by atoms with E-state index in [1.807, 2.05) is 24.3 Å². The molecule has 1 saturated heterocycles. The van der Waals surface area contributed by atoms with E-state index in [1.54, 1.807) is 12.1 Å². The zero-order valence-corrected chi connectivity index (χ0v) is 13.7. The number of aliphatic imine (C=N–C) groups is 1. The van der Waals surface area contributed by atoms with Gasteiger partial charge in [0, 0.05) is 23.8 Å². The highest BCUT2D eigenvalue weighted by Gasteiger charge is 2.11. The van der Waals surface area contributed by atoms with E-state index in [0.29, 0.717) is 10.9 Å². The molecule has 2 aromatic carbocycles. The molecule has 118 valence electrons. The molecule has 0 amide bonds. The van der Waals surface area contributed by atoms with E-state index in [0.717, 1.165) is 24.3 Å². The molecule has 1 aliphatic rings. The van der Waals surface area contributed by atoms with E-state index in [4.69, 9.17) is 17.3 Å². The number of amidine groups is 1. The fourth-order valence-electron chi connectivity index (χ4n) is 2.66. The molecule has 0 spiro atoms. The molecule has 0 aliphatic carbocycles. The molecule has 2 N–H and O–H groups in total. The van der Waals surface area contributed by atoms with Crippen LogP contribution in [0.5, 0.6) is 0 Å². The number of nitrogens with zero attached hydrogens (tertiary/aromatic N) is 2. The van der Waals surface area contributed by atoms with E-state index < -0.39 is 0 Å². The van der Waals surface area contributed by atoms with Gasteiger partial charge in [-0.2, -0.15) is 0 Å². The van der Waals surface area contributed by atoms with Gasteiger partial charge < -0.3 is 10.6 Å². The second-order valence-corrected chi connectivity index (χ2v) is 6.07. The van der Waals surface area contributed by atoms with Crippen molar-refractivity contribution in [2.75, 3.05) is 18.0 Å². The van der Waals surface area contributed by atoms with Crippen molar-refractivity contribution in [3.05, 3.63) is 65.2 Å². The highest BCUT2D eigenvalue weighted by molar-refractivity contribution is 6.30. The van der Waals surface area contributed by atoms with Gasteiger partial charge in [0.25, 0.3) is 0 Å². The Balaban J connectivity index is 1.65. The Morgan fingerprint density at radius 1 is 1.00 bits per heavy atom. The summed E-state index contributed by atoms with van der Waals surface area (Å²) in [6, 6.07) is 15.8. The molecule has 0 aromatic heterocycles. The Morgan fingerprint density at radius 2 is 1.65 bits per heavy atom. The van der Waals surface area contributed by atoms with Gasteiger partial charge in [-0.15, -0.1) is 0 Å². The molecule has 1 heterocycles. The number of nitrogens with two attached hydrogens (primary N) is 1. The number of anilines is 1. The first-order valence-corrected chi connectivity index (χ1v) is 8.21. The highest BCUT2D eigenvalue weighted by atomic mass is 35.5. The molecule has 3 rings (SSSR count). The van der Waals surface area contributed by atoms with Gasteiger partial charge in [0.1, 0.15) is 5.84 Å². The van der Waals surface area contributed by atoms with Gasteiger partial charge in [-0.05, 0) is 60.9 Å². The van der Waals surface area contributed by atoms with Crippen LogP contribution in [0, 0.1) is 0 Å². The summed E-state index contributed by atoms with van der Waals surface area (Å²) in [4.78, 5) is 6.76. The molecule has 1 fully saturated rings. The molecule has 0 bridgehead atoms. The second-order valence-electron chi connectivity index (χ2n) is 5.63. The van der Waals surface area contributed by atoms with Crippen molar-refractivity contribution in [3.63, 3.8) is 0 Å². The van der Waals surface area contributed by atoms with Crippen molar-refractivity contribution in [1.82, 2.24) is 0 Å². The first-order chi connectivity index (χ1) is 11.2. The van der Waals surface area contributed by atoms with Crippen LogP contribution >= 0.6 is 11.6 Å². The molecule has 23 heavy (non-hydrogen) atoms. The van der Waals surface area contributed by atoms with Crippen LogP contribution in [0.2, 0.25) is 5.02 Å². The SMILES string of the molecule is NC(C=Cc1ccc(N2CCCC2)cc1)=Nc1ccc(Cl)cc1. The lowest BCUT2D eigenvalue weighted by Crippen LogP contribution is -2.17. The summed E-state index contributed by atoms with van der Waals surface area (Å²) >= 11 is 5.85. The van der Waals surface area contributed by atoms with Crippen LogP contribution < -0.4 is 10.6 Å². The van der Waals surface area contributed by atoms with Crippen molar-refractivity contribution in [3.8, 4) is 0 Å². The van der Waals surface area contributed by atoms with Crippen LogP contribution in [0.15, 0.2) is 59.6 Å². The predicted molar refractivity (Wildman–Crippen MR) is 99.7 cm³/mol. The standard InChI is InChI=1S/C19H20ClN3/c20-16-6-8-17(9-7-16)22-19(21)12-5-15-3-10-18(11-4-15)23-13-1-2-14-23/h3-12H,1-2,13-14H2,(H2,21,22). The lowest BCUT2D eigenvalue weighted by Gasteiger charge is -2.17. The van der Waals surface area contributed by atoms with E-state index in [1.165, 1.54) is 18.5 Å². The summed E-state index contributed by atoms with van der Waals surface area (Å²) in [5.41, 5.74) is 9.14. The van der Waals surface area contributed by atoms with Crippen LogP contribution in [0.1, 0.15) is 18.4 Å². The number of halogens is 1. The van der Waals surface area contributed by atoms with Gasteiger partial charge in [-0.25, -0.2) is 4.99 Å². The van der Waals surface area contributed by atoms with Crippen LogP contribution in [-0.4, -0.2) is 18.9 Å². The van der Waals surface area contributed by atoms with Crippen LogP contribution in [-0.2, 0) is 0 Å². The summed E-state index contributed by atoms with van der Waals surface area (Å²) in [6.45, 7) is 2.33. The highest BCUT2D eigenvalue weighted by Crippen LogP contribution is 2.21. The fraction of sp³-hybridized carbons (Fsp3) is 0.211. The Kier molecular flexibility index (Phi) is 4.99. The largest absolute Gasteiger partial charge is 0.384 e. The van der Waals surface area contributed by atoms with Gasteiger partial charge in [-0.3, -0.25) is 0 Å². The normalized spacial score (nSPS) is 15.5. The summed E-state index contributed by atoms with van der Waals surface area (Å²) in [5, 5.41) is 0.691. The third kappa shape index (κ3) is 4.36. The molecular weight excluding hydrogens is 306 g/mol. The van der Waals surface area contributed by atoms with Gasteiger partial charge in [0.2, 0.25) is 0 Å². The first kappa shape index (κ1) is 15.6. The minimum absolute atomic E-state index is 0.468. The monoisotopic (exact) mass is 325 g/mol. The van der Waals surface area contributed by atoms with Crippen molar-refractivity contribution in [1.29, 1.82) is 0 Å². The van der Waals surface area contributed by atoms with Gasteiger partial charge in [-0.1, -0.05) is 29.8 Å². The number of benzene rings is 2. The van der Waals surface area contributed by atoms with Crippen LogP contribution in [0.4, 0.5) is 11.4 Å². The average molecular weight is 326 g/mol. The minimum atomic E-state index is 0.468. The topological polar surface area (TPSA) is 41.6 Å². The molecule has 0 atom stereocenters. The summed E-state index contributed by atoms with van der Waals surface area (Å²) in [5.74, 6) is 0.468. The first-order valence-electron chi connectivity index (χ1n) is 7.83. The third-order valence-electron chi connectivity index (χ3n) is 3.90. The molecule has 2 aromatic rings. The molecule has 4 heteroatoms. The molecular formula is C19H20ClN3. The Morgan fingerprint density at radius 3 is 2.30 bits per heavy atom. The lowest BCUT2D eigenvalue weighted by atomic mass is 10.2. The third-order valence-corrected chi connectivity index (χ3v) is 4.15. The fourth-order valence-corrected chi connectivity index (χ4v) is 2.78. The second kappa shape index (κ2) is 7.34. The molecule has 1 aliphatic heterocycles. The maximum Gasteiger partial charge on any atom is 0.124 e. The van der Waals surface area contributed by atoms with Crippen molar-refractivity contribution in [2.24, 2.45) is 10.7 Å². The summed E-state index contributed by atoms with van der Waals surface area (Å²) in [7, 11) is 0. The molecule has 0 saturated carbocycles. The van der Waals surface area contributed by atoms with E-state index >= 15 is 0 Å². The number of hydrogen-bond donors (Lipinski definition) is 1. The van der Waals surface area contributed by atoms with Gasteiger partial charge in [0.05, 0.1) is 5.69 Å². The maximum atomic E-state index is 5.94. The van der Waals surface area contributed by atoms with Gasteiger partial charge in [0.15, 0.2) is 0 Å². The maximum absolute atomic E-state index is 5.94. The number of rotatable bonds is 4. The van der Waals surface area contributed by atoms with Crippen molar-refractivity contribution < 1.29 is 0 Å².